The predicted molar refractivity (Wildman–Crippen MR) is 112 cm³/mol. The lowest BCUT2D eigenvalue weighted by atomic mass is 9.88. The van der Waals surface area contributed by atoms with Gasteiger partial charge in [0, 0.05) is 11.1 Å². The van der Waals surface area contributed by atoms with Crippen molar-refractivity contribution < 1.29 is 14.6 Å². The maximum absolute atomic E-state index is 11.6. The standard InChI is InChI=1S/C25H24O3/c1-17-15-19(16-26)25(27)24(23(17)18-9-3-2-4-10-18)21-13-7-8-14-22(21)28-20-11-5-6-12-20/h2-4,7-10,13-16,20,27H,5-6,11-12H2,1H3. The Labute approximate surface area is 165 Å². The molecular formula is C25H24O3. The number of phenolic OH excluding ortho intramolecular Hbond substituents is 1. The van der Waals surface area contributed by atoms with Gasteiger partial charge in [-0.2, -0.15) is 0 Å². The molecule has 0 aromatic heterocycles. The highest BCUT2D eigenvalue weighted by Crippen LogP contribution is 2.46. The summed E-state index contributed by atoms with van der Waals surface area (Å²) in [7, 11) is 0. The first-order valence-electron chi connectivity index (χ1n) is 9.82. The van der Waals surface area contributed by atoms with E-state index in [4.69, 9.17) is 4.74 Å². The number of carbonyl (C=O) groups is 1. The minimum absolute atomic E-state index is 0.00178. The van der Waals surface area contributed by atoms with E-state index >= 15 is 0 Å². The summed E-state index contributed by atoms with van der Waals surface area (Å²) in [4.78, 5) is 11.6. The van der Waals surface area contributed by atoms with Gasteiger partial charge in [0.05, 0.1) is 11.7 Å². The van der Waals surface area contributed by atoms with Gasteiger partial charge in [0.1, 0.15) is 11.5 Å². The maximum atomic E-state index is 11.6. The van der Waals surface area contributed by atoms with E-state index in [9.17, 15) is 9.90 Å². The van der Waals surface area contributed by atoms with Gasteiger partial charge < -0.3 is 9.84 Å². The molecule has 1 aliphatic rings. The fraction of sp³-hybridized carbons (Fsp3) is 0.240. The first kappa shape index (κ1) is 18.3. The topological polar surface area (TPSA) is 46.5 Å². The molecule has 3 aromatic carbocycles. The maximum Gasteiger partial charge on any atom is 0.153 e. The summed E-state index contributed by atoms with van der Waals surface area (Å²) in [6.45, 7) is 1.97. The zero-order valence-corrected chi connectivity index (χ0v) is 16.0. The third kappa shape index (κ3) is 3.40. The molecule has 3 nitrogen and oxygen atoms in total. The van der Waals surface area contributed by atoms with Crippen LogP contribution in [0.25, 0.3) is 22.3 Å². The van der Waals surface area contributed by atoms with Crippen LogP contribution in [0, 0.1) is 6.92 Å². The van der Waals surface area contributed by atoms with Gasteiger partial charge in [-0.15, -0.1) is 0 Å². The van der Waals surface area contributed by atoms with Gasteiger partial charge in [-0.25, -0.2) is 0 Å². The van der Waals surface area contributed by atoms with E-state index in [0.717, 1.165) is 40.8 Å². The molecular weight excluding hydrogens is 348 g/mol. The number of aromatic hydroxyl groups is 1. The Hall–Kier alpha value is -3.07. The van der Waals surface area contributed by atoms with Crippen molar-refractivity contribution in [1.29, 1.82) is 0 Å². The van der Waals surface area contributed by atoms with Gasteiger partial charge in [-0.3, -0.25) is 4.79 Å². The molecule has 0 heterocycles. The highest BCUT2D eigenvalue weighted by molar-refractivity contribution is 5.97. The van der Waals surface area contributed by atoms with Crippen molar-refractivity contribution in [3.63, 3.8) is 0 Å². The number of benzene rings is 3. The van der Waals surface area contributed by atoms with Crippen LogP contribution in [0.4, 0.5) is 0 Å². The van der Waals surface area contributed by atoms with E-state index in [-0.39, 0.29) is 11.9 Å². The zero-order chi connectivity index (χ0) is 19.5. The van der Waals surface area contributed by atoms with E-state index in [1.54, 1.807) is 6.07 Å². The largest absolute Gasteiger partial charge is 0.507 e. The summed E-state index contributed by atoms with van der Waals surface area (Å²) in [5, 5.41) is 11.0. The van der Waals surface area contributed by atoms with Crippen LogP contribution in [0.15, 0.2) is 60.7 Å². The van der Waals surface area contributed by atoms with Crippen LogP contribution in [-0.4, -0.2) is 17.5 Å². The molecule has 4 rings (SSSR count). The molecule has 28 heavy (non-hydrogen) atoms. The third-order valence-corrected chi connectivity index (χ3v) is 5.47. The van der Waals surface area contributed by atoms with Gasteiger partial charge in [-0.05, 0) is 61.4 Å². The van der Waals surface area contributed by atoms with Gasteiger partial charge in [0.25, 0.3) is 0 Å². The van der Waals surface area contributed by atoms with Crippen molar-refractivity contribution in [2.45, 2.75) is 38.7 Å². The number of hydrogen-bond donors (Lipinski definition) is 1. The first-order valence-corrected chi connectivity index (χ1v) is 9.82. The van der Waals surface area contributed by atoms with Gasteiger partial charge in [0.2, 0.25) is 0 Å². The van der Waals surface area contributed by atoms with Gasteiger partial charge in [0.15, 0.2) is 6.29 Å². The van der Waals surface area contributed by atoms with Crippen molar-refractivity contribution in [2.75, 3.05) is 0 Å². The zero-order valence-electron chi connectivity index (χ0n) is 16.0. The quantitative estimate of drug-likeness (QED) is 0.545. The summed E-state index contributed by atoms with van der Waals surface area (Å²) >= 11 is 0. The molecule has 0 radical (unpaired) electrons. The van der Waals surface area contributed by atoms with Crippen LogP contribution >= 0.6 is 0 Å². The number of aldehydes is 1. The van der Waals surface area contributed by atoms with Gasteiger partial charge in [-0.1, -0.05) is 48.5 Å². The fourth-order valence-electron chi connectivity index (χ4n) is 4.12. The van der Waals surface area contributed by atoms with E-state index in [1.165, 1.54) is 12.8 Å². The Morgan fingerprint density at radius 1 is 0.964 bits per heavy atom. The lowest BCUT2D eigenvalue weighted by Gasteiger charge is -2.21. The van der Waals surface area contributed by atoms with Crippen LogP contribution in [0.1, 0.15) is 41.6 Å². The number of rotatable bonds is 5. The molecule has 0 aliphatic heterocycles. The molecule has 142 valence electrons. The monoisotopic (exact) mass is 372 g/mol. The SMILES string of the molecule is Cc1cc(C=O)c(O)c(-c2ccccc2OC2CCCC2)c1-c1ccccc1. The minimum Gasteiger partial charge on any atom is -0.507 e. The molecule has 1 N–H and O–H groups in total. The molecule has 1 fully saturated rings. The van der Waals surface area contributed by atoms with Crippen molar-refractivity contribution in [1.82, 2.24) is 0 Å². The normalized spacial score (nSPS) is 14.2. The molecule has 0 spiro atoms. The number of aryl methyl sites for hydroxylation is 1. The molecule has 3 aromatic rings. The molecule has 0 saturated heterocycles. The van der Waals surface area contributed by atoms with Crippen LogP contribution in [0.2, 0.25) is 0 Å². The van der Waals surface area contributed by atoms with Crippen LogP contribution in [0.5, 0.6) is 11.5 Å². The van der Waals surface area contributed by atoms with Crippen molar-refractivity contribution in [3.8, 4) is 33.8 Å². The number of carbonyl (C=O) groups excluding carboxylic acids is 1. The minimum atomic E-state index is 0.00178. The highest BCUT2D eigenvalue weighted by Gasteiger charge is 2.23. The lowest BCUT2D eigenvalue weighted by Crippen LogP contribution is -2.11. The van der Waals surface area contributed by atoms with Crippen LogP contribution < -0.4 is 4.74 Å². The van der Waals surface area contributed by atoms with Crippen molar-refractivity contribution >= 4 is 6.29 Å². The second-order valence-electron chi connectivity index (χ2n) is 7.39. The van der Waals surface area contributed by atoms with E-state index in [2.05, 4.69) is 0 Å². The number of hydrogen-bond acceptors (Lipinski definition) is 3. The average Bonchev–Trinajstić information content (AvgIpc) is 3.23. The fourth-order valence-corrected chi connectivity index (χ4v) is 4.12. The summed E-state index contributed by atoms with van der Waals surface area (Å²) in [5.41, 5.74) is 4.63. The molecule has 1 saturated carbocycles. The molecule has 0 bridgehead atoms. The lowest BCUT2D eigenvalue weighted by molar-refractivity contribution is 0.112. The van der Waals surface area contributed by atoms with E-state index < -0.39 is 0 Å². The van der Waals surface area contributed by atoms with Crippen LogP contribution in [-0.2, 0) is 0 Å². The summed E-state index contributed by atoms with van der Waals surface area (Å²) in [6, 6.07) is 19.5. The number of para-hydroxylation sites is 1. The Balaban J connectivity index is 1.94. The first-order chi connectivity index (χ1) is 13.7. The molecule has 0 atom stereocenters. The molecule has 1 aliphatic carbocycles. The Morgan fingerprint density at radius 2 is 1.64 bits per heavy atom. The Kier molecular flexibility index (Phi) is 5.16. The summed E-state index contributed by atoms with van der Waals surface area (Å²) < 4.78 is 6.32. The van der Waals surface area contributed by atoms with Crippen molar-refractivity contribution in [3.05, 3.63) is 71.8 Å². The van der Waals surface area contributed by atoms with Crippen molar-refractivity contribution in [2.24, 2.45) is 0 Å². The Morgan fingerprint density at radius 3 is 2.36 bits per heavy atom. The molecule has 0 amide bonds. The molecule has 3 heteroatoms. The Bertz CT molecular complexity index is 986. The number of phenols is 1. The smallest absolute Gasteiger partial charge is 0.153 e. The van der Waals surface area contributed by atoms with Crippen LogP contribution in [0.3, 0.4) is 0 Å². The van der Waals surface area contributed by atoms with E-state index in [1.807, 2.05) is 61.5 Å². The van der Waals surface area contributed by atoms with Gasteiger partial charge >= 0.3 is 0 Å². The third-order valence-electron chi connectivity index (χ3n) is 5.47. The van der Waals surface area contributed by atoms with E-state index in [0.29, 0.717) is 17.4 Å². The predicted octanol–water partition coefficient (Wildman–Crippen LogP) is 6.17. The summed E-state index contributed by atoms with van der Waals surface area (Å²) in [5.74, 6) is 0.756. The molecule has 0 unspecified atom stereocenters. The highest BCUT2D eigenvalue weighted by atomic mass is 16.5. The average molecular weight is 372 g/mol. The second-order valence-corrected chi connectivity index (χ2v) is 7.39. The summed E-state index contributed by atoms with van der Waals surface area (Å²) in [6.07, 6.45) is 5.40. The second kappa shape index (κ2) is 7.89. The number of ether oxygens (including phenoxy) is 1.